The van der Waals surface area contributed by atoms with E-state index in [4.69, 9.17) is 18.9 Å². The third-order valence-electron chi connectivity index (χ3n) is 9.86. The molecule has 4 aliphatic carbocycles. The van der Waals surface area contributed by atoms with Gasteiger partial charge < -0.3 is 18.9 Å². The van der Waals surface area contributed by atoms with Crippen LogP contribution in [-0.2, 0) is 43.5 Å². The van der Waals surface area contributed by atoms with Crippen LogP contribution in [0.4, 0.5) is 0 Å². The maximum atomic E-state index is 13.7. The molecule has 0 radical (unpaired) electrons. The van der Waals surface area contributed by atoms with E-state index in [1.807, 2.05) is 30.3 Å². The summed E-state index contributed by atoms with van der Waals surface area (Å²) < 4.78 is 21.9. The van der Waals surface area contributed by atoms with E-state index in [9.17, 15) is 19.2 Å². The van der Waals surface area contributed by atoms with E-state index in [0.717, 1.165) is 12.0 Å². The number of hydrogen-bond donors (Lipinski definition) is 0. The zero-order chi connectivity index (χ0) is 27.3. The number of fused-ring (bicyclic) bond motifs is 2. The van der Waals surface area contributed by atoms with Crippen molar-refractivity contribution < 1.29 is 38.1 Å². The lowest BCUT2D eigenvalue weighted by atomic mass is 9.71. The predicted molar refractivity (Wildman–Crippen MR) is 136 cm³/mol. The van der Waals surface area contributed by atoms with Gasteiger partial charge in [0, 0.05) is 5.41 Å². The Morgan fingerprint density at radius 2 is 1.08 bits per heavy atom. The van der Waals surface area contributed by atoms with Crippen LogP contribution in [0.3, 0.4) is 0 Å². The maximum absolute atomic E-state index is 13.7. The van der Waals surface area contributed by atoms with E-state index >= 15 is 0 Å². The van der Waals surface area contributed by atoms with E-state index in [1.54, 1.807) is 27.7 Å². The van der Waals surface area contributed by atoms with E-state index in [-0.39, 0.29) is 49.6 Å². The van der Waals surface area contributed by atoms with Gasteiger partial charge in [-0.05, 0) is 88.5 Å². The van der Waals surface area contributed by atoms with Crippen molar-refractivity contribution in [2.24, 2.45) is 34.0 Å². The molecule has 1 aromatic carbocycles. The minimum atomic E-state index is -1.44. The van der Waals surface area contributed by atoms with Crippen molar-refractivity contribution in [3.63, 3.8) is 0 Å². The lowest BCUT2D eigenvalue weighted by Gasteiger charge is -2.33. The number of benzene rings is 1. The maximum Gasteiger partial charge on any atom is 0.323 e. The average molecular weight is 527 g/mol. The molecule has 38 heavy (non-hydrogen) atoms. The van der Waals surface area contributed by atoms with Crippen molar-refractivity contribution in [3.05, 3.63) is 35.9 Å². The summed E-state index contributed by atoms with van der Waals surface area (Å²) in [4.78, 5) is 53.9. The summed E-state index contributed by atoms with van der Waals surface area (Å²) in [5.74, 6) is -2.04. The van der Waals surface area contributed by atoms with Crippen LogP contribution >= 0.6 is 0 Å². The Labute approximate surface area is 223 Å². The van der Waals surface area contributed by atoms with E-state index in [0.29, 0.717) is 25.7 Å². The van der Waals surface area contributed by atoms with E-state index in [2.05, 4.69) is 0 Å². The topological polar surface area (TPSA) is 105 Å². The van der Waals surface area contributed by atoms with Gasteiger partial charge in [0.25, 0.3) is 0 Å². The third-order valence-corrected chi connectivity index (χ3v) is 9.86. The first-order valence-corrected chi connectivity index (χ1v) is 14.0. The molecular weight excluding hydrogens is 488 g/mol. The molecule has 1 aromatic rings. The molecule has 4 aliphatic rings. The van der Waals surface area contributed by atoms with Crippen LogP contribution < -0.4 is 0 Å². The molecule has 0 saturated heterocycles. The number of rotatable bonds is 9. The summed E-state index contributed by atoms with van der Waals surface area (Å²) in [5.41, 5.74) is -2.56. The second-order valence-corrected chi connectivity index (χ2v) is 11.4. The summed E-state index contributed by atoms with van der Waals surface area (Å²) in [6.07, 6.45) is 1.98. The number of carbonyl (C=O) groups excluding carboxylic acids is 4. The van der Waals surface area contributed by atoms with Gasteiger partial charge in [-0.25, -0.2) is 0 Å². The van der Waals surface area contributed by atoms with Crippen molar-refractivity contribution in [2.45, 2.75) is 65.2 Å². The van der Waals surface area contributed by atoms with Crippen molar-refractivity contribution in [2.75, 3.05) is 26.4 Å². The highest BCUT2D eigenvalue weighted by Crippen LogP contribution is 2.88. The smallest absolute Gasteiger partial charge is 0.323 e. The third kappa shape index (κ3) is 3.54. The van der Waals surface area contributed by atoms with E-state index in [1.165, 1.54) is 0 Å². The van der Waals surface area contributed by atoms with Gasteiger partial charge in [-0.3, -0.25) is 19.2 Å². The Bertz CT molecular complexity index is 1090. The highest BCUT2D eigenvalue weighted by Gasteiger charge is 2.87. The standard InChI is InChI=1S/C30H38O8/c1-5-35-23(31)28(24(32)36-6-2)14-20-21-15-29(25(33)37-7-3,26(34)38-8-4)18-30(20,21)22-16-27(22,17-28)19-12-10-9-11-13-19/h9-13,20-22H,5-8,14-18H2,1-4H3. The zero-order valence-electron chi connectivity index (χ0n) is 22.7. The molecule has 0 N–H and O–H groups in total. The van der Waals surface area contributed by atoms with Crippen LogP contribution in [0.15, 0.2) is 30.3 Å². The molecule has 4 fully saturated rings. The number of hydrogen-bond acceptors (Lipinski definition) is 8. The summed E-state index contributed by atoms with van der Waals surface area (Å²) in [5, 5.41) is 0. The molecule has 206 valence electrons. The highest BCUT2D eigenvalue weighted by atomic mass is 16.6. The first-order chi connectivity index (χ1) is 18.2. The molecule has 1 spiro atoms. The molecular formula is C30H38O8. The minimum absolute atomic E-state index is 0.00423. The Balaban J connectivity index is 1.62. The van der Waals surface area contributed by atoms with Crippen LogP contribution in [0.5, 0.6) is 0 Å². The second kappa shape index (κ2) is 9.38. The van der Waals surface area contributed by atoms with Gasteiger partial charge in [-0.1, -0.05) is 30.3 Å². The predicted octanol–water partition coefficient (Wildman–Crippen LogP) is 3.99. The van der Waals surface area contributed by atoms with Gasteiger partial charge in [0.2, 0.25) is 0 Å². The van der Waals surface area contributed by atoms with Gasteiger partial charge in [-0.2, -0.15) is 0 Å². The number of ether oxygens (including phenoxy) is 4. The molecule has 5 rings (SSSR count). The van der Waals surface area contributed by atoms with E-state index < -0.39 is 40.1 Å². The molecule has 0 heterocycles. The first-order valence-electron chi connectivity index (χ1n) is 14.0. The molecule has 0 aromatic heterocycles. The van der Waals surface area contributed by atoms with Gasteiger partial charge in [0.1, 0.15) is 0 Å². The molecule has 5 unspecified atom stereocenters. The monoisotopic (exact) mass is 526 g/mol. The van der Waals surface area contributed by atoms with Crippen LogP contribution in [-0.4, -0.2) is 50.3 Å². The normalized spacial score (nSPS) is 32.9. The zero-order valence-corrected chi connectivity index (χ0v) is 22.7. The Morgan fingerprint density at radius 1 is 0.658 bits per heavy atom. The molecule has 4 saturated carbocycles. The highest BCUT2D eigenvalue weighted by molar-refractivity contribution is 6.02. The number of carbonyl (C=O) groups is 4. The van der Waals surface area contributed by atoms with Gasteiger partial charge in [0.15, 0.2) is 10.8 Å². The van der Waals surface area contributed by atoms with Crippen molar-refractivity contribution in [1.82, 2.24) is 0 Å². The van der Waals surface area contributed by atoms with Crippen molar-refractivity contribution in [3.8, 4) is 0 Å². The molecule has 8 nitrogen and oxygen atoms in total. The Kier molecular flexibility index (Phi) is 6.59. The molecule has 0 bridgehead atoms. The average Bonchev–Trinajstić information content (AvgIpc) is 3.73. The summed E-state index contributed by atoms with van der Waals surface area (Å²) in [6, 6.07) is 9.98. The van der Waals surface area contributed by atoms with Gasteiger partial charge in [-0.15, -0.1) is 0 Å². The first kappa shape index (κ1) is 26.7. The lowest BCUT2D eigenvalue weighted by molar-refractivity contribution is -0.177. The summed E-state index contributed by atoms with van der Waals surface area (Å²) in [6.45, 7) is 7.61. The second-order valence-electron chi connectivity index (χ2n) is 11.4. The lowest BCUT2D eigenvalue weighted by Crippen LogP contribution is -2.45. The quantitative estimate of drug-likeness (QED) is 0.270. The van der Waals surface area contributed by atoms with Crippen LogP contribution in [0, 0.1) is 34.0 Å². The molecule has 8 heteroatoms. The van der Waals surface area contributed by atoms with Crippen LogP contribution in [0.1, 0.15) is 65.4 Å². The fourth-order valence-corrected chi connectivity index (χ4v) is 8.41. The van der Waals surface area contributed by atoms with Gasteiger partial charge >= 0.3 is 23.9 Å². The SMILES string of the molecule is CCOC(=O)C1(C(=O)OCC)CC2C3CC(C(=O)OCC)(C(=O)OCC)CC23C2CC2(c2ccccc2)C1. The molecule has 5 atom stereocenters. The fourth-order valence-electron chi connectivity index (χ4n) is 8.41. The Hall–Kier alpha value is -2.90. The minimum Gasteiger partial charge on any atom is -0.465 e. The van der Waals surface area contributed by atoms with Crippen molar-refractivity contribution in [1.29, 1.82) is 0 Å². The largest absolute Gasteiger partial charge is 0.465 e. The Morgan fingerprint density at radius 3 is 1.50 bits per heavy atom. The molecule has 0 amide bonds. The fraction of sp³-hybridized carbons (Fsp3) is 0.667. The van der Waals surface area contributed by atoms with Gasteiger partial charge in [0.05, 0.1) is 26.4 Å². The van der Waals surface area contributed by atoms with Crippen molar-refractivity contribution >= 4 is 23.9 Å². The van der Waals surface area contributed by atoms with Crippen LogP contribution in [0.2, 0.25) is 0 Å². The molecule has 0 aliphatic heterocycles. The summed E-state index contributed by atoms with van der Waals surface area (Å²) in [7, 11) is 0. The number of esters is 4. The summed E-state index contributed by atoms with van der Waals surface area (Å²) >= 11 is 0. The van der Waals surface area contributed by atoms with Crippen LogP contribution in [0.25, 0.3) is 0 Å².